The Morgan fingerprint density at radius 3 is 3.06 bits per heavy atom. The van der Waals surface area contributed by atoms with Crippen molar-refractivity contribution < 1.29 is 4.74 Å². The van der Waals surface area contributed by atoms with Gasteiger partial charge in [0.05, 0.1) is 7.11 Å². The summed E-state index contributed by atoms with van der Waals surface area (Å²) >= 11 is 2.00. The Morgan fingerprint density at radius 1 is 1.41 bits per heavy atom. The van der Waals surface area contributed by atoms with Crippen molar-refractivity contribution in [1.82, 2.24) is 5.32 Å². The quantitative estimate of drug-likeness (QED) is 0.869. The Labute approximate surface area is 108 Å². The molecule has 2 atom stereocenters. The average molecular weight is 251 g/mol. The van der Waals surface area contributed by atoms with Gasteiger partial charge in [-0.15, -0.1) is 0 Å². The molecule has 1 aromatic rings. The third-order valence-corrected chi connectivity index (χ3v) is 4.63. The van der Waals surface area contributed by atoms with Crippen LogP contribution in [0.5, 0.6) is 5.75 Å². The molecule has 1 aromatic carbocycles. The Balaban J connectivity index is 1.88. The number of ether oxygens (including phenoxy) is 1. The molecule has 0 bridgehead atoms. The second-order valence-corrected chi connectivity index (χ2v) is 5.62. The van der Waals surface area contributed by atoms with Gasteiger partial charge in [-0.05, 0) is 36.8 Å². The minimum atomic E-state index is 0.677. The normalized spacial score (nSPS) is 23.9. The molecule has 1 saturated carbocycles. The van der Waals surface area contributed by atoms with E-state index >= 15 is 0 Å². The van der Waals surface area contributed by atoms with Gasteiger partial charge in [0.25, 0.3) is 0 Å². The predicted octanol–water partition coefficient (Wildman–Crippen LogP) is 3.07. The third kappa shape index (κ3) is 3.39. The summed E-state index contributed by atoms with van der Waals surface area (Å²) in [6.45, 7) is 0.943. The zero-order chi connectivity index (χ0) is 12.1. The van der Waals surface area contributed by atoms with Crippen LogP contribution >= 0.6 is 11.8 Å². The topological polar surface area (TPSA) is 21.3 Å². The van der Waals surface area contributed by atoms with E-state index in [0.717, 1.165) is 17.5 Å². The molecule has 2 rings (SSSR count). The van der Waals surface area contributed by atoms with Gasteiger partial charge in [0.2, 0.25) is 0 Å². The minimum Gasteiger partial charge on any atom is -0.497 e. The number of nitrogens with one attached hydrogen (secondary N) is 1. The monoisotopic (exact) mass is 251 g/mol. The molecule has 0 radical (unpaired) electrons. The predicted molar refractivity (Wildman–Crippen MR) is 74.8 cm³/mol. The van der Waals surface area contributed by atoms with Crippen LogP contribution in [0.15, 0.2) is 24.3 Å². The standard InChI is InChI=1S/C14H21NOS/c1-16-12-6-3-5-11(9-12)10-15-13-7-4-8-14(13)17-2/h3,5-6,9,13-15H,4,7-8,10H2,1-2H3. The van der Waals surface area contributed by atoms with E-state index in [1.807, 2.05) is 17.8 Å². The summed E-state index contributed by atoms with van der Waals surface area (Å²) in [5.74, 6) is 0.942. The van der Waals surface area contributed by atoms with Gasteiger partial charge >= 0.3 is 0 Å². The molecule has 0 heterocycles. The molecule has 1 aliphatic rings. The van der Waals surface area contributed by atoms with Crippen molar-refractivity contribution in [2.24, 2.45) is 0 Å². The number of rotatable bonds is 5. The van der Waals surface area contributed by atoms with Crippen molar-refractivity contribution in [2.45, 2.75) is 37.1 Å². The molecule has 1 aliphatic carbocycles. The highest BCUT2D eigenvalue weighted by molar-refractivity contribution is 7.99. The zero-order valence-corrected chi connectivity index (χ0v) is 11.4. The Bertz CT molecular complexity index is 356. The number of methoxy groups -OCH3 is 1. The Hall–Kier alpha value is -0.670. The van der Waals surface area contributed by atoms with Crippen LogP contribution in [0.4, 0.5) is 0 Å². The van der Waals surface area contributed by atoms with Gasteiger partial charge in [-0.2, -0.15) is 11.8 Å². The van der Waals surface area contributed by atoms with Gasteiger partial charge in [0.1, 0.15) is 5.75 Å². The highest BCUT2D eigenvalue weighted by Gasteiger charge is 2.25. The first-order valence-electron chi connectivity index (χ1n) is 6.22. The van der Waals surface area contributed by atoms with E-state index in [-0.39, 0.29) is 0 Å². The summed E-state index contributed by atoms with van der Waals surface area (Å²) in [6.07, 6.45) is 6.25. The number of hydrogen-bond donors (Lipinski definition) is 1. The lowest BCUT2D eigenvalue weighted by Crippen LogP contribution is -2.33. The summed E-state index contributed by atoms with van der Waals surface area (Å²) in [5, 5.41) is 4.47. The van der Waals surface area contributed by atoms with Crippen molar-refractivity contribution in [3.63, 3.8) is 0 Å². The summed E-state index contributed by atoms with van der Waals surface area (Å²) in [7, 11) is 1.72. The average Bonchev–Trinajstić information content (AvgIpc) is 2.84. The van der Waals surface area contributed by atoms with Crippen LogP contribution in [-0.4, -0.2) is 24.7 Å². The lowest BCUT2D eigenvalue weighted by molar-refractivity contribution is 0.413. The van der Waals surface area contributed by atoms with Crippen LogP contribution in [0.2, 0.25) is 0 Å². The van der Waals surface area contributed by atoms with E-state index in [1.165, 1.54) is 24.8 Å². The van der Waals surface area contributed by atoms with E-state index in [2.05, 4.69) is 29.8 Å². The van der Waals surface area contributed by atoms with E-state index in [4.69, 9.17) is 4.74 Å². The first kappa shape index (κ1) is 12.8. The fourth-order valence-electron chi connectivity index (χ4n) is 2.47. The number of hydrogen-bond acceptors (Lipinski definition) is 3. The molecule has 0 spiro atoms. The molecule has 0 aromatic heterocycles. The van der Waals surface area contributed by atoms with Gasteiger partial charge in [0.15, 0.2) is 0 Å². The highest BCUT2D eigenvalue weighted by Crippen LogP contribution is 2.28. The Morgan fingerprint density at radius 2 is 2.29 bits per heavy atom. The molecule has 0 amide bonds. The molecule has 94 valence electrons. The molecule has 3 heteroatoms. The summed E-state index contributed by atoms with van der Waals surface area (Å²) in [5.41, 5.74) is 1.30. The maximum atomic E-state index is 5.24. The van der Waals surface area contributed by atoms with Gasteiger partial charge in [0, 0.05) is 17.8 Å². The molecule has 0 aliphatic heterocycles. The third-order valence-electron chi connectivity index (χ3n) is 3.46. The largest absolute Gasteiger partial charge is 0.497 e. The lowest BCUT2D eigenvalue weighted by atomic mass is 10.2. The lowest BCUT2D eigenvalue weighted by Gasteiger charge is -2.19. The van der Waals surface area contributed by atoms with Crippen LogP contribution in [0.1, 0.15) is 24.8 Å². The van der Waals surface area contributed by atoms with E-state index in [1.54, 1.807) is 7.11 Å². The number of benzene rings is 1. The summed E-state index contributed by atoms with van der Waals surface area (Å²) in [4.78, 5) is 0. The summed E-state index contributed by atoms with van der Waals surface area (Å²) < 4.78 is 5.24. The van der Waals surface area contributed by atoms with E-state index < -0.39 is 0 Å². The molecular weight excluding hydrogens is 230 g/mol. The van der Waals surface area contributed by atoms with E-state index in [9.17, 15) is 0 Å². The van der Waals surface area contributed by atoms with Crippen LogP contribution in [0.3, 0.4) is 0 Å². The Kier molecular flexibility index (Phi) is 4.75. The van der Waals surface area contributed by atoms with Crippen LogP contribution < -0.4 is 10.1 Å². The van der Waals surface area contributed by atoms with Crippen LogP contribution in [0, 0.1) is 0 Å². The van der Waals surface area contributed by atoms with Gasteiger partial charge < -0.3 is 10.1 Å². The second-order valence-electron chi connectivity index (χ2n) is 4.54. The number of thioether (sulfide) groups is 1. The second kappa shape index (κ2) is 6.31. The van der Waals surface area contributed by atoms with Crippen molar-refractivity contribution in [2.75, 3.05) is 13.4 Å². The maximum Gasteiger partial charge on any atom is 0.119 e. The molecular formula is C14H21NOS. The zero-order valence-electron chi connectivity index (χ0n) is 10.6. The van der Waals surface area contributed by atoms with Gasteiger partial charge in [-0.25, -0.2) is 0 Å². The van der Waals surface area contributed by atoms with Gasteiger partial charge in [-0.1, -0.05) is 18.6 Å². The maximum absolute atomic E-state index is 5.24. The van der Waals surface area contributed by atoms with Crippen molar-refractivity contribution in [3.05, 3.63) is 29.8 Å². The first-order valence-corrected chi connectivity index (χ1v) is 7.51. The van der Waals surface area contributed by atoms with Gasteiger partial charge in [-0.3, -0.25) is 0 Å². The van der Waals surface area contributed by atoms with E-state index in [0.29, 0.717) is 6.04 Å². The van der Waals surface area contributed by atoms with Crippen molar-refractivity contribution in [1.29, 1.82) is 0 Å². The molecule has 1 fully saturated rings. The highest BCUT2D eigenvalue weighted by atomic mass is 32.2. The fraction of sp³-hybridized carbons (Fsp3) is 0.571. The first-order chi connectivity index (χ1) is 8.33. The molecule has 1 N–H and O–H groups in total. The minimum absolute atomic E-state index is 0.677. The fourth-order valence-corrected chi connectivity index (χ4v) is 3.44. The SMILES string of the molecule is COc1cccc(CNC2CCCC2SC)c1. The van der Waals surface area contributed by atoms with Crippen molar-refractivity contribution in [3.8, 4) is 5.75 Å². The van der Waals surface area contributed by atoms with Crippen molar-refractivity contribution >= 4 is 11.8 Å². The molecule has 2 nitrogen and oxygen atoms in total. The molecule has 2 unspecified atom stereocenters. The molecule has 0 saturated heterocycles. The van der Waals surface area contributed by atoms with Crippen LogP contribution in [-0.2, 0) is 6.54 Å². The summed E-state index contributed by atoms with van der Waals surface area (Å²) in [6, 6.07) is 8.98. The molecule has 17 heavy (non-hydrogen) atoms. The smallest absolute Gasteiger partial charge is 0.119 e. The van der Waals surface area contributed by atoms with Crippen LogP contribution in [0.25, 0.3) is 0 Å².